The molecule has 4 nitrogen and oxygen atoms in total. The third kappa shape index (κ3) is 2.60. The van der Waals surface area contributed by atoms with Gasteiger partial charge in [0.25, 0.3) is 0 Å². The Hall–Kier alpha value is -2.40. The molecule has 1 heterocycles. The van der Waals surface area contributed by atoms with Crippen molar-refractivity contribution in [2.24, 2.45) is 0 Å². The second kappa shape index (κ2) is 5.18. The summed E-state index contributed by atoms with van der Waals surface area (Å²) in [5.74, 6) is 0.236. The van der Waals surface area contributed by atoms with Crippen molar-refractivity contribution in [2.75, 3.05) is 0 Å². The molecule has 0 aliphatic carbocycles. The van der Waals surface area contributed by atoms with Crippen LogP contribution in [0.25, 0.3) is 10.9 Å². The average Bonchev–Trinajstić information content (AvgIpc) is 2.51. The first kappa shape index (κ1) is 13.6. The maximum absolute atomic E-state index is 12.3. The number of rotatable bonds is 3. The minimum atomic E-state index is -3.86. The molecule has 0 spiro atoms. The Morgan fingerprint density at radius 2 is 1.71 bits per heavy atom. The molecule has 3 aromatic rings. The Labute approximate surface area is 123 Å². The predicted molar refractivity (Wildman–Crippen MR) is 80.7 cm³/mol. The van der Waals surface area contributed by atoms with E-state index in [9.17, 15) is 8.42 Å². The molecular weight excluding hydrogens is 286 g/mol. The Balaban J connectivity index is 2.09. The molecule has 21 heavy (non-hydrogen) atoms. The molecule has 2 aromatic carbocycles. The monoisotopic (exact) mass is 299 g/mol. The molecule has 5 heteroatoms. The first-order chi connectivity index (χ1) is 10.1. The van der Waals surface area contributed by atoms with Gasteiger partial charge in [0.1, 0.15) is 10.4 Å². The summed E-state index contributed by atoms with van der Waals surface area (Å²) in [5, 5.41) is 0.873. The summed E-state index contributed by atoms with van der Waals surface area (Å²) in [7, 11) is -3.86. The van der Waals surface area contributed by atoms with Crippen LogP contribution in [0.4, 0.5) is 0 Å². The van der Waals surface area contributed by atoms with Gasteiger partial charge in [-0.3, -0.25) is 4.98 Å². The van der Waals surface area contributed by atoms with E-state index < -0.39 is 10.1 Å². The van der Waals surface area contributed by atoms with Crippen LogP contribution in [0.5, 0.6) is 5.75 Å². The number of pyridine rings is 1. The normalized spacial score (nSPS) is 11.5. The zero-order valence-corrected chi connectivity index (χ0v) is 12.2. The Morgan fingerprint density at radius 3 is 2.48 bits per heavy atom. The smallest absolute Gasteiger partial charge is 0.339 e. The Morgan fingerprint density at radius 1 is 0.952 bits per heavy atom. The van der Waals surface area contributed by atoms with Crippen LogP contribution in [-0.2, 0) is 10.1 Å². The molecule has 0 atom stereocenters. The number of aryl methyl sites for hydroxylation is 1. The van der Waals surface area contributed by atoms with E-state index >= 15 is 0 Å². The number of hydrogen-bond donors (Lipinski definition) is 0. The van der Waals surface area contributed by atoms with Gasteiger partial charge in [-0.15, -0.1) is 0 Å². The van der Waals surface area contributed by atoms with Gasteiger partial charge in [-0.05, 0) is 36.8 Å². The van der Waals surface area contributed by atoms with Crippen LogP contribution >= 0.6 is 0 Å². The van der Waals surface area contributed by atoms with Crippen LogP contribution in [-0.4, -0.2) is 13.4 Å². The van der Waals surface area contributed by atoms with Gasteiger partial charge in [-0.25, -0.2) is 0 Å². The molecular formula is C16H13NO3S. The molecule has 0 unspecified atom stereocenters. The van der Waals surface area contributed by atoms with Crippen molar-refractivity contribution in [3.05, 3.63) is 66.4 Å². The quantitative estimate of drug-likeness (QED) is 0.696. The van der Waals surface area contributed by atoms with Gasteiger partial charge in [0, 0.05) is 11.6 Å². The van der Waals surface area contributed by atoms with Crippen molar-refractivity contribution >= 4 is 21.0 Å². The second-order valence-corrected chi connectivity index (χ2v) is 6.18. The molecule has 3 rings (SSSR count). The van der Waals surface area contributed by atoms with Gasteiger partial charge in [0.05, 0.1) is 0 Å². The topological polar surface area (TPSA) is 56.3 Å². The number of hydrogen-bond acceptors (Lipinski definition) is 4. The first-order valence-electron chi connectivity index (χ1n) is 6.42. The predicted octanol–water partition coefficient (Wildman–Crippen LogP) is 3.31. The van der Waals surface area contributed by atoms with Crippen LogP contribution in [0.1, 0.15) is 5.56 Å². The highest BCUT2D eigenvalue weighted by molar-refractivity contribution is 7.87. The van der Waals surface area contributed by atoms with Gasteiger partial charge in [-0.1, -0.05) is 30.3 Å². The lowest BCUT2D eigenvalue weighted by molar-refractivity contribution is 0.488. The fourth-order valence-electron chi connectivity index (χ4n) is 2.11. The van der Waals surface area contributed by atoms with E-state index in [-0.39, 0.29) is 10.6 Å². The third-order valence-electron chi connectivity index (χ3n) is 3.18. The van der Waals surface area contributed by atoms with Crippen LogP contribution in [0.2, 0.25) is 0 Å². The molecule has 0 saturated heterocycles. The van der Waals surface area contributed by atoms with Crippen molar-refractivity contribution in [2.45, 2.75) is 11.8 Å². The molecule has 106 valence electrons. The molecule has 1 aromatic heterocycles. The summed E-state index contributed by atoms with van der Waals surface area (Å²) in [4.78, 5) is 4.35. The number of aromatic nitrogens is 1. The molecule has 0 saturated carbocycles. The molecule has 0 amide bonds. The number of benzene rings is 2. The maximum Gasteiger partial charge on any atom is 0.339 e. The first-order valence-corrected chi connectivity index (χ1v) is 7.83. The summed E-state index contributed by atoms with van der Waals surface area (Å²) >= 11 is 0. The van der Waals surface area contributed by atoms with Crippen molar-refractivity contribution < 1.29 is 12.6 Å². The zero-order chi connectivity index (χ0) is 14.9. The summed E-state index contributed by atoms with van der Waals surface area (Å²) in [6.07, 6.45) is 1.61. The largest absolute Gasteiger partial charge is 0.377 e. The van der Waals surface area contributed by atoms with Crippen LogP contribution in [0, 0.1) is 6.92 Å². The van der Waals surface area contributed by atoms with E-state index in [0.717, 1.165) is 10.9 Å². The minimum Gasteiger partial charge on any atom is -0.377 e. The van der Waals surface area contributed by atoms with Crippen LogP contribution in [0.15, 0.2) is 65.7 Å². The number of fused-ring (bicyclic) bond motifs is 1. The molecule has 0 fully saturated rings. The maximum atomic E-state index is 12.3. The molecule has 0 aliphatic rings. The van der Waals surface area contributed by atoms with E-state index in [2.05, 4.69) is 4.98 Å². The summed E-state index contributed by atoms with van der Waals surface area (Å²) in [6, 6.07) is 15.2. The third-order valence-corrected chi connectivity index (χ3v) is 4.43. The van der Waals surface area contributed by atoms with Crippen molar-refractivity contribution in [3.63, 3.8) is 0 Å². The minimum absolute atomic E-state index is 0.120. The van der Waals surface area contributed by atoms with Gasteiger partial charge in [0.15, 0.2) is 5.75 Å². The Bertz CT molecular complexity index is 890. The molecule has 0 bridgehead atoms. The molecule has 0 radical (unpaired) electrons. The second-order valence-electron chi connectivity index (χ2n) is 4.63. The lowest BCUT2D eigenvalue weighted by Gasteiger charge is -2.10. The highest BCUT2D eigenvalue weighted by atomic mass is 32.2. The SMILES string of the molecule is Cc1ccc(OS(=O)(=O)c2ccccc2)c2ncccc12. The van der Waals surface area contributed by atoms with Crippen LogP contribution in [0.3, 0.4) is 0 Å². The van der Waals surface area contributed by atoms with E-state index in [1.165, 1.54) is 12.1 Å². The van der Waals surface area contributed by atoms with Gasteiger partial charge in [0.2, 0.25) is 0 Å². The highest BCUT2D eigenvalue weighted by Gasteiger charge is 2.18. The van der Waals surface area contributed by atoms with E-state index in [1.54, 1.807) is 30.5 Å². The van der Waals surface area contributed by atoms with Gasteiger partial charge >= 0.3 is 10.1 Å². The summed E-state index contributed by atoms with van der Waals surface area (Å²) in [6.45, 7) is 1.94. The van der Waals surface area contributed by atoms with Crippen LogP contribution < -0.4 is 4.18 Å². The van der Waals surface area contributed by atoms with Gasteiger partial charge < -0.3 is 4.18 Å². The molecule has 0 N–H and O–H groups in total. The Kier molecular flexibility index (Phi) is 3.35. The van der Waals surface area contributed by atoms with E-state index in [0.29, 0.717) is 5.52 Å². The van der Waals surface area contributed by atoms with E-state index in [1.807, 2.05) is 25.1 Å². The van der Waals surface area contributed by atoms with Crippen molar-refractivity contribution in [1.29, 1.82) is 0 Å². The lowest BCUT2D eigenvalue weighted by atomic mass is 10.1. The average molecular weight is 299 g/mol. The zero-order valence-electron chi connectivity index (χ0n) is 11.4. The van der Waals surface area contributed by atoms with E-state index in [4.69, 9.17) is 4.18 Å². The van der Waals surface area contributed by atoms with Crippen molar-refractivity contribution in [1.82, 2.24) is 4.98 Å². The summed E-state index contributed by atoms with van der Waals surface area (Å²) < 4.78 is 29.8. The lowest BCUT2D eigenvalue weighted by Crippen LogP contribution is -2.10. The van der Waals surface area contributed by atoms with Gasteiger partial charge in [-0.2, -0.15) is 8.42 Å². The molecule has 0 aliphatic heterocycles. The number of nitrogens with zero attached hydrogens (tertiary/aromatic N) is 1. The fraction of sp³-hybridized carbons (Fsp3) is 0.0625. The fourth-order valence-corrected chi connectivity index (χ4v) is 3.07. The highest BCUT2D eigenvalue weighted by Crippen LogP contribution is 2.28. The summed E-state index contributed by atoms with van der Waals surface area (Å²) in [5.41, 5.74) is 1.56. The standard InChI is InChI=1S/C16H13NO3S/c1-12-9-10-15(16-14(12)8-5-11-17-16)20-21(18,19)13-6-3-2-4-7-13/h2-11H,1H3. The van der Waals surface area contributed by atoms with Crippen molar-refractivity contribution in [3.8, 4) is 5.75 Å².